The number of benzene rings is 2. The van der Waals surface area contributed by atoms with E-state index in [1.807, 2.05) is 12.1 Å². The second kappa shape index (κ2) is 9.16. The number of hydrogen-bond donors (Lipinski definition) is 1. The Hall–Kier alpha value is -1.90. The van der Waals surface area contributed by atoms with Gasteiger partial charge >= 0.3 is 0 Å². The zero-order valence-corrected chi connectivity index (χ0v) is 17.0. The molecule has 0 spiro atoms. The Morgan fingerprint density at radius 1 is 1.12 bits per heavy atom. The fourth-order valence-corrected chi connectivity index (χ4v) is 4.19. The van der Waals surface area contributed by atoms with Gasteiger partial charge in [-0.3, -0.25) is 4.79 Å². The van der Waals surface area contributed by atoms with E-state index in [1.54, 1.807) is 38.1 Å². The molecule has 0 heterocycles. The number of amides is 1. The zero-order valence-electron chi connectivity index (χ0n) is 14.6. The lowest BCUT2D eigenvalue weighted by molar-refractivity contribution is -0.118. The smallest absolute Gasteiger partial charge is 0.262 e. The molecule has 0 saturated heterocycles. The van der Waals surface area contributed by atoms with E-state index in [-0.39, 0.29) is 17.4 Å². The third-order valence-corrected chi connectivity index (χ3v) is 6.20. The Kier molecular flexibility index (Phi) is 7.19. The highest BCUT2D eigenvalue weighted by Gasteiger charge is 2.21. The minimum atomic E-state index is -3.50. The topological polar surface area (TPSA) is 75.7 Å². The fraction of sp³-hybridized carbons (Fsp3) is 0.278. The van der Waals surface area contributed by atoms with Gasteiger partial charge in [-0.1, -0.05) is 35.8 Å². The normalized spacial score (nSPS) is 11.4. The van der Waals surface area contributed by atoms with Crippen molar-refractivity contribution < 1.29 is 17.9 Å². The Bertz CT molecular complexity index is 850. The molecule has 2 aromatic carbocycles. The van der Waals surface area contributed by atoms with Crippen LogP contribution in [0.4, 0.5) is 5.69 Å². The summed E-state index contributed by atoms with van der Waals surface area (Å²) in [5.74, 6) is 0.121. The van der Waals surface area contributed by atoms with Crippen molar-refractivity contribution in [3.8, 4) is 5.75 Å². The van der Waals surface area contributed by atoms with Gasteiger partial charge < -0.3 is 10.1 Å². The van der Waals surface area contributed by atoms with Gasteiger partial charge in [0.25, 0.3) is 5.91 Å². The molecule has 0 unspecified atom stereocenters. The Balaban J connectivity index is 1.96. The van der Waals surface area contributed by atoms with Gasteiger partial charge in [-0.15, -0.1) is 0 Å². The predicted molar refractivity (Wildman–Crippen MR) is 105 cm³/mol. The lowest BCUT2D eigenvalue weighted by atomic mass is 10.3. The third-order valence-electron chi connectivity index (χ3n) is 3.65. The Morgan fingerprint density at radius 3 is 2.35 bits per heavy atom. The summed E-state index contributed by atoms with van der Waals surface area (Å²) in [6, 6.07) is 13.3. The van der Waals surface area contributed by atoms with Crippen LogP contribution in [0.15, 0.2) is 57.9 Å². The average Bonchev–Trinajstić information content (AvgIpc) is 2.61. The number of carbonyl (C=O) groups is 1. The molecule has 2 rings (SSSR count). The van der Waals surface area contributed by atoms with E-state index in [0.717, 1.165) is 4.47 Å². The molecule has 2 aromatic rings. The van der Waals surface area contributed by atoms with Gasteiger partial charge in [-0.25, -0.2) is 8.42 Å². The van der Waals surface area contributed by atoms with E-state index < -0.39 is 10.0 Å². The van der Waals surface area contributed by atoms with E-state index in [9.17, 15) is 13.2 Å². The molecule has 26 heavy (non-hydrogen) atoms. The van der Waals surface area contributed by atoms with Crippen molar-refractivity contribution >= 4 is 37.5 Å². The SMILES string of the molecule is CCN(CC)S(=O)(=O)c1ccc(OCC(=O)Nc2cccc(Br)c2)cc1. The number of anilines is 1. The molecule has 1 N–H and O–H groups in total. The van der Waals surface area contributed by atoms with Crippen molar-refractivity contribution in [1.82, 2.24) is 4.31 Å². The van der Waals surface area contributed by atoms with Crippen LogP contribution in [0.2, 0.25) is 0 Å². The second-order valence-electron chi connectivity index (χ2n) is 5.41. The minimum absolute atomic E-state index is 0.172. The summed E-state index contributed by atoms with van der Waals surface area (Å²) in [5.41, 5.74) is 0.661. The summed E-state index contributed by atoms with van der Waals surface area (Å²) in [5, 5.41) is 2.72. The molecule has 6 nitrogen and oxygen atoms in total. The first-order valence-corrected chi connectivity index (χ1v) is 10.4. The molecule has 1 amide bonds. The molecule has 0 aromatic heterocycles. The largest absolute Gasteiger partial charge is 0.484 e. The number of rotatable bonds is 8. The van der Waals surface area contributed by atoms with Gasteiger partial charge in [-0.05, 0) is 42.5 Å². The van der Waals surface area contributed by atoms with Crippen LogP contribution in [0.25, 0.3) is 0 Å². The first kappa shape index (κ1) is 20.4. The molecule has 0 aliphatic carbocycles. The molecule has 0 aliphatic rings. The van der Waals surface area contributed by atoms with Gasteiger partial charge in [0.2, 0.25) is 10.0 Å². The maximum atomic E-state index is 12.4. The van der Waals surface area contributed by atoms with Crippen molar-refractivity contribution in [3.05, 3.63) is 53.0 Å². The number of halogens is 1. The summed E-state index contributed by atoms with van der Waals surface area (Å²) in [6.45, 7) is 4.24. The minimum Gasteiger partial charge on any atom is -0.484 e. The highest BCUT2D eigenvalue weighted by molar-refractivity contribution is 9.10. The van der Waals surface area contributed by atoms with Gasteiger partial charge in [0.15, 0.2) is 6.61 Å². The first-order chi connectivity index (χ1) is 12.4. The first-order valence-electron chi connectivity index (χ1n) is 8.15. The second-order valence-corrected chi connectivity index (χ2v) is 8.26. The molecule has 0 saturated carbocycles. The van der Waals surface area contributed by atoms with Gasteiger partial charge in [0, 0.05) is 23.2 Å². The van der Waals surface area contributed by atoms with Crippen LogP contribution < -0.4 is 10.1 Å². The van der Waals surface area contributed by atoms with Crippen LogP contribution >= 0.6 is 15.9 Å². The Labute approximate surface area is 162 Å². The molecule has 0 aliphatic heterocycles. The summed E-state index contributed by atoms with van der Waals surface area (Å²) >= 11 is 3.34. The monoisotopic (exact) mass is 440 g/mol. The quantitative estimate of drug-likeness (QED) is 0.681. The predicted octanol–water partition coefficient (Wildman–Crippen LogP) is 3.50. The zero-order chi connectivity index (χ0) is 19.2. The van der Waals surface area contributed by atoms with E-state index in [1.165, 1.54) is 16.4 Å². The average molecular weight is 441 g/mol. The summed E-state index contributed by atoms with van der Waals surface area (Å²) in [6.07, 6.45) is 0. The van der Waals surface area contributed by atoms with Crippen molar-refractivity contribution in [3.63, 3.8) is 0 Å². The van der Waals surface area contributed by atoms with Crippen molar-refractivity contribution in [1.29, 1.82) is 0 Å². The third kappa shape index (κ3) is 5.30. The number of carbonyl (C=O) groups excluding carboxylic acids is 1. The number of nitrogens with zero attached hydrogens (tertiary/aromatic N) is 1. The van der Waals surface area contributed by atoms with Gasteiger partial charge in [0.1, 0.15) is 5.75 Å². The molecular formula is C18H21BrN2O4S. The molecule has 140 valence electrons. The Morgan fingerprint density at radius 2 is 1.77 bits per heavy atom. The summed E-state index contributed by atoms with van der Waals surface area (Å²) in [4.78, 5) is 12.1. The summed E-state index contributed by atoms with van der Waals surface area (Å²) < 4.78 is 32.5. The number of hydrogen-bond acceptors (Lipinski definition) is 4. The molecule has 0 fully saturated rings. The van der Waals surface area contributed by atoms with Crippen molar-refractivity contribution in [2.75, 3.05) is 25.0 Å². The molecule has 0 bridgehead atoms. The highest BCUT2D eigenvalue weighted by Crippen LogP contribution is 2.20. The van der Waals surface area contributed by atoms with Gasteiger partial charge in [-0.2, -0.15) is 4.31 Å². The van der Waals surface area contributed by atoms with E-state index in [2.05, 4.69) is 21.2 Å². The van der Waals surface area contributed by atoms with Crippen LogP contribution in [0.1, 0.15) is 13.8 Å². The number of sulfonamides is 1. The lowest BCUT2D eigenvalue weighted by Crippen LogP contribution is -2.30. The van der Waals surface area contributed by atoms with Crippen molar-refractivity contribution in [2.45, 2.75) is 18.7 Å². The molecular weight excluding hydrogens is 420 g/mol. The van der Waals surface area contributed by atoms with Crippen LogP contribution in [0.3, 0.4) is 0 Å². The maximum Gasteiger partial charge on any atom is 0.262 e. The van der Waals surface area contributed by atoms with Gasteiger partial charge in [0.05, 0.1) is 4.90 Å². The molecule has 8 heteroatoms. The van der Waals surface area contributed by atoms with E-state index in [0.29, 0.717) is 24.5 Å². The lowest BCUT2D eigenvalue weighted by Gasteiger charge is -2.18. The van der Waals surface area contributed by atoms with Crippen molar-refractivity contribution in [2.24, 2.45) is 0 Å². The van der Waals surface area contributed by atoms with Crippen LogP contribution in [0, 0.1) is 0 Å². The molecule has 0 radical (unpaired) electrons. The van der Waals surface area contributed by atoms with Crippen LogP contribution in [0.5, 0.6) is 5.75 Å². The highest BCUT2D eigenvalue weighted by atomic mass is 79.9. The van der Waals surface area contributed by atoms with Crippen LogP contribution in [-0.4, -0.2) is 38.3 Å². The van der Waals surface area contributed by atoms with E-state index >= 15 is 0 Å². The fourth-order valence-electron chi connectivity index (χ4n) is 2.33. The number of ether oxygens (including phenoxy) is 1. The maximum absolute atomic E-state index is 12.4. The summed E-state index contributed by atoms with van der Waals surface area (Å²) in [7, 11) is -3.50. The standard InChI is InChI=1S/C18H21BrN2O4S/c1-3-21(4-2)26(23,24)17-10-8-16(9-11-17)25-13-18(22)20-15-7-5-6-14(19)12-15/h5-12H,3-4,13H2,1-2H3,(H,20,22). The molecule has 0 atom stereocenters. The van der Waals surface area contributed by atoms with E-state index in [4.69, 9.17) is 4.74 Å². The van der Waals surface area contributed by atoms with Crippen LogP contribution in [-0.2, 0) is 14.8 Å². The number of nitrogens with one attached hydrogen (secondary N) is 1.